The van der Waals surface area contributed by atoms with Gasteiger partial charge in [0.1, 0.15) is 5.82 Å². The van der Waals surface area contributed by atoms with E-state index in [1.54, 1.807) is 11.8 Å². The molecule has 2 atom stereocenters. The summed E-state index contributed by atoms with van der Waals surface area (Å²) in [5.74, 6) is 0.839. The lowest BCUT2D eigenvalue weighted by Crippen LogP contribution is -2.21. The van der Waals surface area contributed by atoms with Crippen LogP contribution in [0.2, 0.25) is 0 Å². The smallest absolute Gasteiger partial charge is 0.170 e. The van der Waals surface area contributed by atoms with Crippen molar-refractivity contribution in [3.05, 3.63) is 5.82 Å². The molecule has 84 valence electrons. The van der Waals surface area contributed by atoms with Crippen molar-refractivity contribution in [3.8, 4) is 0 Å². The minimum absolute atomic E-state index is 0.165. The normalized spacial score (nSPS) is 27.6. The molecular formula is C10H16N2OS2. The van der Waals surface area contributed by atoms with Crippen LogP contribution in [0.15, 0.2) is 4.34 Å². The zero-order valence-electron chi connectivity index (χ0n) is 8.85. The van der Waals surface area contributed by atoms with Gasteiger partial charge < -0.3 is 5.11 Å². The molecule has 0 spiro atoms. The van der Waals surface area contributed by atoms with Crippen LogP contribution in [0.5, 0.6) is 0 Å². The molecule has 1 aromatic rings. The van der Waals surface area contributed by atoms with E-state index in [4.69, 9.17) is 0 Å². The largest absolute Gasteiger partial charge is 0.392 e. The van der Waals surface area contributed by atoms with Crippen molar-refractivity contribution in [2.45, 2.75) is 54.7 Å². The van der Waals surface area contributed by atoms with E-state index in [1.807, 2.05) is 6.92 Å². The second-order valence-electron chi connectivity index (χ2n) is 3.97. The van der Waals surface area contributed by atoms with E-state index in [1.165, 1.54) is 24.4 Å². The van der Waals surface area contributed by atoms with Crippen molar-refractivity contribution in [1.29, 1.82) is 0 Å². The van der Waals surface area contributed by atoms with Crippen LogP contribution >= 0.6 is 23.3 Å². The first-order chi connectivity index (χ1) is 7.25. The summed E-state index contributed by atoms with van der Waals surface area (Å²) in [5, 5.41) is 10.3. The number of thioether (sulfide) groups is 1. The van der Waals surface area contributed by atoms with Crippen molar-refractivity contribution in [3.63, 3.8) is 0 Å². The van der Waals surface area contributed by atoms with Crippen LogP contribution < -0.4 is 0 Å². The molecule has 5 heteroatoms. The van der Waals surface area contributed by atoms with E-state index in [0.717, 1.165) is 29.4 Å². The molecule has 2 unspecified atom stereocenters. The Morgan fingerprint density at radius 1 is 1.33 bits per heavy atom. The van der Waals surface area contributed by atoms with Crippen LogP contribution in [0.3, 0.4) is 0 Å². The number of hydrogen-bond acceptors (Lipinski definition) is 5. The Morgan fingerprint density at radius 3 is 2.87 bits per heavy atom. The number of nitrogens with zero attached hydrogens (tertiary/aromatic N) is 2. The second kappa shape index (κ2) is 5.27. The highest BCUT2D eigenvalue weighted by molar-refractivity contribution is 8.01. The highest BCUT2D eigenvalue weighted by Gasteiger charge is 2.23. The molecule has 3 nitrogen and oxygen atoms in total. The molecule has 2 rings (SSSR count). The zero-order valence-corrected chi connectivity index (χ0v) is 10.5. The van der Waals surface area contributed by atoms with Crippen molar-refractivity contribution in [1.82, 2.24) is 9.36 Å². The van der Waals surface area contributed by atoms with E-state index in [-0.39, 0.29) is 6.10 Å². The molecule has 1 fully saturated rings. The van der Waals surface area contributed by atoms with Crippen molar-refractivity contribution in [2.75, 3.05) is 0 Å². The molecule has 1 aliphatic rings. The van der Waals surface area contributed by atoms with Gasteiger partial charge in [-0.05, 0) is 31.3 Å². The van der Waals surface area contributed by atoms with E-state index in [9.17, 15) is 5.11 Å². The highest BCUT2D eigenvalue weighted by atomic mass is 32.2. The highest BCUT2D eigenvalue weighted by Crippen LogP contribution is 2.33. The fourth-order valence-corrected chi connectivity index (χ4v) is 3.95. The summed E-state index contributed by atoms with van der Waals surface area (Å²) < 4.78 is 5.16. The van der Waals surface area contributed by atoms with Crippen LogP contribution in [0.1, 0.15) is 37.9 Å². The van der Waals surface area contributed by atoms with Gasteiger partial charge in [0.05, 0.1) is 6.10 Å². The molecule has 1 aromatic heterocycles. The standard InChI is InChI=1S/C10H16N2OS2/c1-7-11-10(15-12-7)14-9-6-4-2-3-5-8(9)13/h8-9,13H,2-6H2,1H3. The monoisotopic (exact) mass is 244 g/mol. The molecule has 0 bridgehead atoms. The van der Waals surface area contributed by atoms with Gasteiger partial charge >= 0.3 is 0 Å². The lowest BCUT2D eigenvalue weighted by molar-refractivity contribution is 0.163. The second-order valence-corrected chi connectivity index (χ2v) is 6.21. The van der Waals surface area contributed by atoms with Crippen LogP contribution in [0, 0.1) is 6.92 Å². The maximum Gasteiger partial charge on any atom is 0.170 e. The molecule has 1 N–H and O–H groups in total. The Bertz CT molecular complexity index is 316. The van der Waals surface area contributed by atoms with Crippen LogP contribution in [0.4, 0.5) is 0 Å². The number of aliphatic hydroxyl groups is 1. The van der Waals surface area contributed by atoms with Gasteiger partial charge in [-0.15, -0.1) is 0 Å². The Hall–Kier alpha value is -0.130. The molecule has 0 saturated heterocycles. The van der Waals surface area contributed by atoms with Gasteiger partial charge in [0, 0.05) is 5.25 Å². The fourth-order valence-electron chi connectivity index (χ4n) is 1.85. The minimum atomic E-state index is -0.165. The average molecular weight is 244 g/mol. The summed E-state index contributed by atoms with van der Waals surface area (Å²) in [6.07, 6.45) is 5.52. The number of rotatable bonds is 2. The molecule has 1 saturated carbocycles. The third-order valence-corrected chi connectivity index (χ3v) is 4.94. The quantitative estimate of drug-likeness (QED) is 0.812. The molecule has 15 heavy (non-hydrogen) atoms. The minimum Gasteiger partial charge on any atom is -0.392 e. The maximum atomic E-state index is 9.95. The van der Waals surface area contributed by atoms with Gasteiger partial charge in [-0.1, -0.05) is 31.0 Å². The van der Waals surface area contributed by atoms with E-state index < -0.39 is 0 Å². The summed E-state index contributed by atoms with van der Waals surface area (Å²) >= 11 is 3.14. The molecule has 0 aliphatic heterocycles. The topological polar surface area (TPSA) is 46.0 Å². The van der Waals surface area contributed by atoms with Crippen molar-refractivity contribution in [2.24, 2.45) is 0 Å². The fraction of sp³-hybridized carbons (Fsp3) is 0.800. The third kappa shape index (κ3) is 3.16. The van der Waals surface area contributed by atoms with Crippen LogP contribution in [-0.2, 0) is 0 Å². The summed E-state index contributed by atoms with van der Waals surface area (Å²) in [6.45, 7) is 1.91. The van der Waals surface area contributed by atoms with Gasteiger partial charge in [0.15, 0.2) is 4.34 Å². The number of hydrogen-bond donors (Lipinski definition) is 1. The van der Waals surface area contributed by atoms with E-state index in [2.05, 4.69) is 9.36 Å². The van der Waals surface area contributed by atoms with Gasteiger partial charge in [0.25, 0.3) is 0 Å². The molecule has 1 heterocycles. The first kappa shape index (κ1) is 11.4. The van der Waals surface area contributed by atoms with Crippen LogP contribution in [-0.4, -0.2) is 25.8 Å². The summed E-state index contributed by atoms with van der Waals surface area (Å²) in [7, 11) is 0. The number of aliphatic hydroxyl groups excluding tert-OH is 1. The lowest BCUT2D eigenvalue weighted by atomic mass is 10.1. The number of aryl methyl sites for hydroxylation is 1. The van der Waals surface area contributed by atoms with E-state index >= 15 is 0 Å². The van der Waals surface area contributed by atoms with Crippen molar-refractivity contribution < 1.29 is 5.11 Å². The number of aromatic nitrogens is 2. The summed E-state index contributed by atoms with van der Waals surface area (Å²) in [4.78, 5) is 4.33. The Balaban J connectivity index is 1.97. The Labute approximate surface area is 98.5 Å². The summed E-state index contributed by atoms with van der Waals surface area (Å²) in [5.41, 5.74) is 0. The molecule has 0 aromatic carbocycles. The third-order valence-electron chi connectivity index (χ3n) is 2.68. The summed E-state index contributed by atoms with van der Waals surface area (Å²) in [6, 6.07) is 0. The Kier molecular flexibility index (Phi) is 3.99. The van der Waals surface area contributed by atoms with E-state index in [0.29, 0.717) is 5.25 Å². The van der Waals surface area contributed by atoms with Crippen molar-refractivity contribution >= 4 is 23.3 Å². The predicted octanol–water partition coefficient (Wildman–Crippen LogP) is 2.63. The lowest BCUT2D eigenvalue weighted by Gasteiger charge is -2.17. The van der Waals surface area contributed by atoms with Gasteiger partial charge in [-0.25, -0.2) is 4.98 Å². The maximum absolute atomic E-state index is 9.95. The predicted molar refractivity (Wildman–Crippen MR) is 63.4 cm³/mol. The molecule has 0 amide bonds. The van der Waals surface area contributed by atoms with Gasteiger partial charge in [-0.2, -0.15) is 4.37 Å². The first-order valence-corrected chi connectivity index (χ1v) is 7.06. The zero-order chi connectivity index (χ0) is 10.7. The van der Waals surface area contributed by atoms with Gasteiger partial charge in [-0.3, -0.25) is 0 Å². The average Bonchev–Trinajstić information content (AvgIpc) is 2.50. The van der Waals surface area contributed by atoms with Gasteiger partial charge in [0.2, 0.25) is 0 Å². The SMILES string of the molecule is Cc1nsc(SC2CCCCCC2O)n1. The molecule has 0 radical (unpaired) electrons. The molecule has 1 aliphatic carbocycles. The Morgan fingerprint density at radius 2 is 2.13 bits per heavy atom. The van der Waals surface area contributed by atoms with Crippen LogP contribution in [0.25, 0.3) is 0 Å². The first-order valence-electron chi connectivity index (χ1n) is 5.41. The molecular weight excluding hydrogens is 228 g/mol.